The van der Waals surface area contributed by atoms with Crippen LogP contribution in [0.25, 0.3) is 0 Å². The SMILES string of the molecule is CC(=O)Cc1c(Cl)cccc1CBr. The fourth-order valence-corrected chi connectivity index (χ4v) is 1.96. The summed E-state index contributed by atoms with van der Waals surface area (Å²) in [7, 11) is 0. The molecule has 0 unspecified atom stereocenters. The van der Waals surface area contributed by atoms with E-state index in [0.717, 1.165) is 16.5 Å². The van der Waals surface area contributed by atoms with E-state index >= 15 is 0 Å². The van der Waals surface area contributed by atoms with Crippen molar-refractivity contribution in [2.75, 3.05) is 0 Å². The van der Waals surface area contributed by atoms with Gasteiger partial charge in [-0.25, -0.2) is 0 Å². The second-order valence-corrected chi connectivity index (χ2v) is 3.86. The van der Waals surface area contributed by atoms with E-state index in [1.807, 2.05) is 18.2 Å². The maximum Gasteiger partial charge on any atom is 0.134 e. The van der Waals surface area contributed by atoms with E-state index < -0.39 is 0 Å². The van der Waals surface area contributed by atoms with Gasteiger partial charge in [0.2, 0.25) is 0 Å². The summed E-state index contributed by atoms with van der Waals surface area (Å²) in [6.45, 7) is 1.57. The number of alkyl halides is 1. The molecule has 13 heavy (non-hydrogen) atoms. The number of hydrogen-bond acceptors (Lipinski definition) is 1. The van der Waals surface area contributed by atoms with Gasteiger partial charge in [0.15, 0.2) is 0 Å². The molecular weight excluding hydrogens is 251 g/mol. The van der Waals surface area contributed by atoms with Gasteiger partial charge < -0.3 is 0 Å². The minimum absolute atomic E-state index is 0.135. The summed E-state index contributed by atoms with van der Waals surface area (Å²) < 4.78 is 0. The fraction of sp³-hybridized carbons (Fsp3) is 0.300. The number of carbonyl (C=O) groups is 1. The van der Waals surface area contributed by atoms with E-state index in [2.05, 4.69) is 15.9 Å². The molecule has 1 rings (SSSR count). The predicted octanol–water partition coefficient (Wildman–Crippen LogP) is 3.37. The highest BCUT2D eigenvalue weighted by Gasteiger charge is 2.07. The summed E-state index contributed by atoms with van der Waals surface area (Å²) >= 11 is 9.34. The smallest absolute Gasteiger partial charge is 0.134 e. The number of halogens is 2. The molecule has 0 aliphatic heterocycles. The van der Waals surface area contributed by atoms with Gasteiger partial charge in [0.05, 0.1) is 0 Å². The van der Waals surface area contributed by atoms with Gasteiger partial charge in [0, 0.05) is 16.8 Å². The van der Waals surface area contributed by atoms with Crippen LogP contribution in [0.1, 0.15) is 18.1 Å². The predicted molar refractivity (Wildman–Crippen MR) is 58.5 cm³/mol. The Morgan fingerprint density at radius 3 is 2.77 bits per heavy atom. The largest absolute Gasteiger partial charge is 0.300 e. The number of ketones is 1. The molecule has 1 nitrogen and oxygen atoms in total. The Bertz CT molecular complexity index is 323. The molecule has 0 aliphatic carbocycles. The molecule has 70 valence electrons. The highest BCUT2D eigenvalue weighted by Crippen LogP contribution is 2.22. The zero-order valence-electron chi connectivity index (χ0n) is 7.31. The maximum absolute atomic E-state index is 11.0. The van der Waals surface area contributed by atoms with E-state index in [1.165, 1.54) is 0 Å². The fourth-order valence-electron chi connectivity index (χ4n) is 1.18. The van der Waals surface area contributed by atoms with Gasteiger partial charge in [0.25, 0.3) is 0 Å². The third-order valence-corrected chi connectivity index (χ3v) is 2.74. The minimum atomic E-state index is 0.135. The third kappa shape index (κ3) is 2.82. The quantitative estimate of drug-likeness (QED) is 0.763. The van der Waals surface area contributed by atoms with E-state index in [0.29, 0.717) is 11.4 Å². The number of hydrogen-bond donors (Lipinski definition) is 0. The van der Waals surface area contributed by atoms with Gasteiger partial charge in [-0.1, -0.05) is 39.7 Å². The molecule has 3 heteroatoms. The maximum atomic E-state index is 11.0. The Kier molecular flexibility index (Phi) is 3.94. The Balaban J connectivity index is 3.07. The number of carbonyl (C=O) groups excluding carboxylic acids is 1. The van der Waals surface area contributed by atoms with E-state index in [9.17, 15) is 4.79 Å². The first-order chi connectivity index (χ1) is 6.15. The monoisotopic (exact) mass is 260 g/mol. The Hall–Kier alpha value is -0.340. The Labute approximate surface area is 91.2 Å². The number of benzene rings is 1. The summed E-state index contributed by atoms with van der Waals surface area (Å²) in [6.07, 6.45) is 0.417. The topological polar surface area (TPSA) is 17.1 Å². The van der Waals surface area contributed by atoms with Crippen LogP contribution in [0.3, 0.4) is 0 Å². The molecule has 1 aromatic carbocycles. The normalized spacial score (nSPS) is 10.1. The van der Waals surface area contributed by atoms with Crippen molar-refractivity contribution in [3.05, 3.63) is 34.3 Å². The summed E-state index contributed by atoms with van der Waals surface area (Å²) in [4.78, 5) is 11.0. The lowest BCUT2D eigenvalue weighted by atomic mass is 10.0. The van der Waals surface area contributed by atoms with Crippen molar-refractivity contribution in [3.63, 3.8) is 0 Å². The molecule has 0 radical (unpaired) electrons. The summed E-state index contributed by atoms with van der Waals surface area (Å²) in [5, 5.41) is 1.41. The van der Waals surface area contributed by atoms with Crippen LogP contribution in [-0.4, -0.2) is 5.78 Å². The second-order valence-electron chi connectivity index (χ2n) is 2.89. The summed E-state index contributed by atoms with van der Waals surface area (Å²) in [6, 6.07) is 5.67. The van der Waals surface area contributed by atoms with Gasteiger partial charge in [-0.2, -0.15) is 0 Å². The molecule has 0 heterocycles. The van der Waals surface area contributed by atoms with Crippen LogP contribution in [-0.2, 0) is 16.5 Å². The molecule has 0 atom stereocenters. The van der Waals surface area contributed by atoms with Gasteiger partial charge in [-0.15, -0.1) is 0 Å². The number of rotatable bonds is 3. The minimum Gasteiger partial charge on any atom is -0.300 e. The summed E-state index contributed by atoms with van der Waals surface area (Å²) in [5.74, 6) is 0.135. The molecule has 0 spiro atoms. The molecule has 1 aromatic rings. The Morgan fingerprint density at radius 2 is 2.23 bits per heavy atom. The molecule has 0 saturated heterocycles. The van der Waals surface area contributed by atoms with Gasteiger partial charge >= 0.3 is 0 Å². The van der Waals surface area contributed by atoms with Crippen molar-refractivity contribution in [1.29, 1.82) is 0 Å². The van der Waals surface area contributed by atoms with Crippen molar-refractivity contribution in [2.45, 2.75) is 18.7 Å². The molecule has 0 aliphatic rings. The van der Waals surface area contributed by atoms with E-state index in [4.69, 9.17) is 11.6 Å². The summed E-state index contributed by atoms with van der Waals surface area (Å²) in [5.41, 5.74) is 2.02. The van der Waals surface area contributed by atoms with Crippen molar-refractivity contribution < 1.29 is 4.79 Å². The standard InChI is InChI=1S/C10H10BrClO/c1-7(13)5-9-8(6-11)3-2-4-10(9)12/h2-4H,5-6H2,1H3. The first-order valence-corrected chi connectivity index (χ1v) is 5.46. The zero-order valence-corrected chi connectivity index (χ0v) is 9.65. The van der Waals surface area contributed by atoms with Crippen LogP contribution in [0.15, 0.2) is 18.2 Å². The van der Waals surface area contributed by atoms with Crippen LogP contribution in [0, 0.1) is 0 Å². The van der Waals surface area contributed by atoms with E-state index in [1.54, 1.807) is 6.92 Å². The second kappa shape index (κ2) is 4.77. The molecule has 0 bridgehead atoms. The average Bonchev–Trinajstić information content (AvgIpc) is 2.08. The molecule has 0 N–H and O–H groups in total. The van der Waals surface area contributed by atoms with Crippen molar-refractivity contribution >= 4 is 33.3 Å². The van der Waals surface area contributed by atoms with Gasteiger partial charge in [-0.3, -0.25) is 4.79 Å². The van der Waals surface area contributed by atoms with Gasteiger partial charge in [0.1, 0.15) is 5.78 Å². The van der Waals surface area contributed by atoms with Crippen LogP contribution >= 0.6 is 27.5 Å². The van der Waals surface area contributed by atoms with E-state index in [-0.39, 0.29) is 5.78 Å². The Morgan fingerprint density at radius 1 is 1.54 bits per heavy atom. The molecule has 0 aromatic heterocycles. The first kappa shape index (κ1) is 10.7. The molecular formula is C10H10BrClO. The highest BCUT2D eigenvalue weighted by atomic mass is 79.9. The third-order valence-electron chi connectivity index (χ3n) is 1.79. The van der Waals surface area contributed by atoms with Crippen molar-refractivity contribution in [1.82, 2.24) is 0 Å². The lowest BCUT2D eigenvalue weighted by Gasteiger charge is -2.06. The molecule has 0 amide bonds. The van der Waals surface area contributed by atoms with Crippen LogP contribution in [0.5, 0.6) is 0 Å². The highest BCUT2D eigenvalue weighted by molar-refractivity contribution is 9.08. The number of Topliss-reactive ketones (excluding diaryl/α,β-unsaturated/α-hetero) is 1. The van der Waals surface area contributed by atoms with Crippen LogP contribution < -0.4 is 0 Å². The van der Waals surface area contributed by atoms with Gasteiger partial charge in [-0.05, 0) is 24.1 Å². The van der Waals surface area contributed by atoms with Crippen molar-refractivity contribution in [2.24, 2.45) is 0 Å². The first-order valence-electron chi connectivity index (χ1n) is 3.97. The van der Waals surface area contributed by atoms with Crippen LogP contribution in [0.4, 0.5) is 0 Å². The molecule has 0 saturated carbocycles. The van der Waals surface area contributed by atoms with Crippen molar-refractivity contribution in [3.8, 4) is 0 Å². The zero-order chi connectivity index (χ0) is 9.84. The lowest BCUT2D eigenvalue weighted by Crippen LogP contribution is -2.00. The molecule has 0 fully saturated rings. The average molecular weight is 262 g/mol. The lowest BCUT2D eigenvalue weighted by molar-refractivity contribution is -0.116. The van der Waals surface area contributed by atoms with Crippen LogP contribution in [0.2, 0.25) is 5.02 Å².